The molecule has 51 heavy (non-hydrogen) atoms. The van der Waals surface area contributed by atoms with Crippen molar-refractivity contribution in [2.45, 2.75) is 0 Å². The smallest absolute Gasteiger partial charge is 0.211 e. The zero-order chi connectivity index (χ0) is 34.2. The van der Waals surface area contributed by atoms with Crippen molar-refractivity contribution in [1.29, 1.82) is 10.5 Å². The van der Waals surface area contributed by atoms with Gasteiger partial charge in [0.2, 0.25) is 5.69 Å². The SMILES string of the molecule is [C-]#[N+]c1ccc(-c2ccc(C#N)cc2-n2c3ccccc3c3ccc4c5ccccc5oc4c32)c(C#N)c1-n1c2ccccc2c2ccccc21. The Kier molecular flexibility index (Phi) is 5.97. The Morgan fingerprint density at radius 1 is 0.549 bits per heavy atom. The van der Waals surface area contributed by atoms with Crippen LogP contribution in [0.5, 0.6) is 0 Å². The van der Waals surface area contributed by atoms with Crippen molar-refractivity contribution in [1.82, 2.24) is 9.13 Å². The molecule has 0 aliphatic carbocycles. The van der Waals surface area contributed by atoms with Crippen LogP contribution in [-0.4, -0.2) is 9.13 Å². The molecule has 0 radical (unpaired) electrons. The minimum Gasteiger partial charge on any atom is -0.454 e. The first kappa shape index (κ1) is 28.4. The molecule has 0 atom stereocenters. The van der Waals surface area contributed by atoms with Crippen LogP contribution in [0, 0.1) is 29.2 Å². The molecule has 0 fully saturated rings. The molecule has 0 aliphatic heterocycles. The highest BCUT2D eigenvalue weighted by Crippen LogP contribution is 2.45. The van der Waals surface area contributed by atoms with Crippen LogP contribution in [0.2, 0.25) is 0 Å². The first-order valence-corrected chi connectivity index (χ1v) is 16.5. The Balaban J connectivity index is 1.35. The van der Waals surface area contributed by atoms with Crippen molar-refractivity contribution in [2.75, 3.05) is 0 Å². The van der Waals surface area contributed by atoms with E-state index in [-0.39, 0.29) is 0 Å². The molecule has 0 aliphatic rings. The van der Waals surface area contributed by atoms with Gasteiger partial charge in [-0.15, -0.1) is 0 Å². The van der Waals surface area contributed by atoms with Crippen molar-refractivity contribution < 1.29 is 4.42 Å². The monoisotopic (exact) mass is 649 g/mol. The first-order chi connectivity index (χ1) is 25.2. The summed E-state index contributed by atoms with van der Waals surface area (Å²) in [5.41, 5.74) is 9.06. The molecule has 3 aromatic heterocycles. The predicted octanol–water partition coefficient (Wildman–Crippen LogP) is 11.7. The molecule has 0 bridgehead atoms. The van der Waals surface area contributed by atoms with Crippen LogP contribution >= 0.6 is 0 Å². The molecule has 0 saturated carbocycles. The maximum absolute atomic E-state index is 11.1. The third kappa shape index (κ3) is 3.89. The van der Waals surface area contributed by atoms with E-state index in [1.54, 1.807) is 12.1 Å². The lowest BCUT2D eigenvalue weighted by molar-refractivity contribution is 0.671. The molecule has 0 spiro atoms. The van der Waals surface area contributed by atoms with E-state index in [4.69, 9.17) is 11.0 Å². The normalized spacial score (nSPS) is 11.5. The number of furan rings is 1. The summed E-state index contributed by atoms with van der Waals surface area (Å²) < 4.78 is 10.8. The lowest BCUT2D eigenvalue weighted by atomic mass is 9.95. The molecule has 0 amide bonds. The van der Waals surface area contributed by atoms with E-state index in [9.17, 15) is 10.5 Å². The van der Waals surface area contributed by atoms with E-state index in [0.717, 1.165) is 76.8 Å². The van der Waals surface area contributed by atoms with Gasteiger partial charge < -0.3 is 13.6 Å². The third-order valence-corrected chi connectivity index (χ3v) is 10.0. The van der Waals surface area contributed by atoms with Gasteiger partial charge in [0.25, 0.3) is 0 Å². The quantitative estimate of drug-likeness (QED) is 0.179. The second kappa shape index (κ2) is 10.7. The molecule has 234 valence electrons. The number of rotatable bonds is 3. The molecule has 6 nitrogen and oxygen atoms in total. The fraction of sp³-hybridized carbons (Fsp3) is 0. The molecule has 7 aromatic carbocycles. The first-order valence-electron chi connectivity index (χ1n) is 16.5. The van der Waals surface area contributed by atoms with Crippen LogP contribution in [-0.2, 0) is 0 Å². The molecule has 3 heterocycles. The summed E-state index contributed by atoms with van der Waals surface area (Å²) in [4.78, 5) is 3.94. The Labute approximate surface area is 291 Å². The van der Waals surface area contributed by atoms with Crippen LogP contribution < -0.4 is 0 Å². The largest absolute Gasteiger partial charge is 0.454 e. The van der Waals surface area contributed by atoms with E-state index in [0.29, 0.717) is 28.1 Å². The second-order valence-electron chi connectivity index (χ2n) is 12.6. The van der Waals surface area contributed by atoms with Crippen molar-refractivity contribution in [3.8, 4) is 34.6 Å². The highest BCUT2D eigenvalue weighted by Gasteiger charge is 2.25. The van der Waals surface area contributed by atoms with Crippen LogP contribution in [0.1, 0.15) is 11.1 Å². The lowest BCUT2D eigenvalue weighted by Gasteiger charge is -2.19. The van der Waals surface area contributed by atoms with Gasteiger partial charge in [-0.25, -0.2) is 4.85 Å². The number of hydrogen-bond donors (Lipinski definition) is 0. The van der Waals surface area contributed by atoms with Gasteiger partial charge in [-0.3, -0.25) is 0 Å². The number of aromatic nitrogens is 2. The average Bonchev–Trinajstić information content (AvgIpc) is 3.85. The van der Waals surface area contributed by atoms with E-state index < -0.39 is 0 Å². The van der Waals surface area contributed by atoms with Gasteiger partial charge in [0.15, 0.2) is 5.58 Å². The molecule has 10 rings (SSSR count). The van der Waals surface area contributed by atoms with Gasteiger partial charge in [0, 0.05) is 43.4 Å². The van der Waals surface area contributed by atoms with Gasteiger partial charge in [-0.05, 0) is 42.5 Å². The van der Waals surface area contributed by atoms with Crippen molar-refractivity contribution in [3.05, 3.63) is 162 Å². The number of nitrogens with zero attached hydrogens (tertiary/aromatic N) is 5. The number of nitriles is 2. The van der Waals surface area contributed by atoms with E-state index in [1.165, 1.54) is 0 Å². The molecular formula is C45H23N5O. The number of benzene rings is 7. The fourth-order valence-electron chi connectivity index (χ4n) is 7.89. The van der Waals surface area contributed by atoms with Gasteiger partial charge in [0.05, 0.1) is 57.2 Å². The van der Waals surface area contributed by atoms with Gasteiger partial charge in [-0.2, -0.15) is 10.5 Å². The maximum atomic E-state index is 11.1. The Bertz CT molecular complexity index is 3190. The minimum atomic E-state index is 0.371. The summed E-state index contributed by atoms with van der Waals surface area (Å²) in [5.74, 6) is 0. The van der Waals surface area contributed by atoms with E-state index >= 15 is 0 Å². The van der Waals surface area contributed by atoms with E-state index in [1.807, 2.05) is 89.5 Å². The van der Waals surface area contributed by atoms with Gasteiger partial charge in [0.1, 0.15) is 11.7 Å². The Hall–Kier alpha value is -7.59. The molecule has 0 N–H and O–H groups in total. The molecular weight excluding hydrogens is 627 g/mol. The Morgan fingerprint density at radius 3 is 1.80 bits per heavy atom. The summed E-state index contributed by atoms with van der Waals surface area (Å²) in [5, 5.41) is 27.4. The highest BCUT2D eigenvalue weighted by atomic mass is 16.3. The summed E-state index contributed by atoms with van der Waals surface area (Å²) in [7, 11) is 0. The fourth-order valence-corrected chi connectivity index (χ4v) is 7.89. The summed E-state index contributed by atoms with van der Waals surface area (Å²) in [6.07, 6.45) is 0. The van der Waals surface area contributed by atoms with Gasteiger partial charge in [-0.1, -0.05) is 97.1 Å². The highest BCUT2D eigenvalue weighted by molar-refractivity contribution is 6.21. The predicted molar refractivity (Wildman–Crippen MR) is 204 cm³/mol. The minimum absolute atomic E-state index is 0.371. The van der Waals surface area contributed by atoms with E-state index in [2.05, 4.69) is 64.0 Å². The molecule has 0 saturated heterocycles. The number of para-hydroxylation sites is 4. The van der Waals surface area contributed by atoms with Crippen molar-refractivity contribution in [2.24, 2.45) is 0 Å². The van der Waals surface area contributed by atoms with Crippen molar-refractivity contribution in [3.63, 3.8) is 0 Å². The molecule has 0 unspecified atom stereocenters. The average molecular weight is 650 g/mol. The van der Waals surface area contributed by atoms with Crippen LogP contribution in [0.25, 0.3) is 92.9 Å². The number of fused-ring (bicyclic) bond motifs is 10. The van der Waals surface area contributed by atoms with Crippen LogP contribution in [0.4, 0.5) is 5.69 Å². The van der Waals surface area contributed by atoms with Crippen molar-refractivity contribution >= 4 is 71.2 Å². The topological polar surface area (TPSA) is 74.9 Å². The zero-order valence-electron chi connectivity index (χ0n) is 26.9. The standard InChI is InChI=1S/C45H23N5O/c1-48-37-23-22-28(36(26-47)43(37)49-38-14-6-2-10-29(38)30-11-3-7-15-39(30)49)32-19-18-27(25-46)24-41(32)50-40-16-8-4-12-31(40)34-20-21-35-33-13-5-9-17-42(33)51-45(35)44(34)50/h2-24H. The maximum Gasteiger partial charge on any atom is 0.211 e. The van der Waals surface area contributed by atoms with Gasteiger partial charge >= 0.3 is 0 Å². The van der Waals surface area contributed by atoms with Crippen LogP contribution in [0.15, 0.2) is 144 Å². The number of hydrogen-bond acceptors (Lipinski definition) is 3. The summed E-state index contributed by atoms with van der Waals surface area (Å²) in [6, 6.07) is 50.7. The Morgan fingerprint density at radius 2 is 1.14 bits per heavy atom. The molecule has 10 aromatic rings. The van der Waals surface area contributed by atoms with Crippen LogP contribution in [0.3, 0.4) is 0 Å². The summed E-state index contributed by atoms with van der Waals surface area (Å²) >= 11 is 0. The molecule has 6 heteroatoms. The second-order valence-corrected chi connectivity index (χ2v) is 12.6. The summed E-state index contributed by atoms with van der Waals surface area (Å²) in [6.45, 7) is 8.21. The lowest BCUT2D eigenvalue weighted by Crippen LogP contribution is -2.03. The zero-order valence-corrected chi connectivity index (χ0v) is 26.9. The third-order valence-electron chi connectivity index (χ3n) is 10.0.